The van der Waals surface area contributed by atoms with Gasteiger partial charge in [-0.15, -0.1) is 0 Å². The predicted octanol–water partition coefficient (Wildman–Crippen LogP) is -2.79. The van der Waals surface area contributed by atoms with E-state index in [0.29, 0.717) is 12.5 Å². The van der Waals surface area contributed by atoms with E-state index >= 15 is 0 Å². The molecule has 2 aliphatic heterocycles. The zero-order valence-corrected chi connectivity index (χ0v) is 16.8. The number of hydrogen-bond donors (Lipinski definition) is 7. The third kappa shape index (κ3) is 5.30. The first-order chi connectivity index (χ1) is 14.4. The van der Waals surface area contributed by atoms with Crippen molar-refractivity contribution in [1.82, 2.24) is 0 Å². The lowest BCUT2D eigenvalue weighted by Crippen LogP contribution is -2.64. The Morgan fingerprint density at radius 1 is 0.667 bits per heavy atom. The highest BCUT2D eigenvalue weighted by molar-refractivity contribution is 4.94. The summed E-state index contributed by atoms with van der Waals surface area (Å²) in [4.78, 5) is 0. The first-order valence-corrected chi connectivity index (χ1v) is 10.6. The van der Waals surface area contributed by atoms with Crippen molar-refractivity contribution in [2.75, 3.05) is 19.8 Å². The van der Waals surface area contributed by atoms with Crippen LogP contribution in [0.25, 0.3) is 0 Å². The molecule has 0 spiro atoms. The first kappa shape index (κ1) is 24.2. The van der Waals surface area contributed by atoms with Crippen molar-refractivity contribution < 1.29 is 54.7 Å². The van der Waals surface area contributed by atoms with Crippen molar-refractivity contribution in [3.63, 3.8) is 0 Å². The lowest BCUT2D eigenvalue weighted by Gasteiger charge is -2.46. The molecular formula is C19H34O11. The van der Waals surface area contributed by atoms with E-state index in [1.807, 2.05) is 0 Å². The minimum atomic E-state index is -1.69. The lowest BCUT2D eigenvalue weighted by molar-refractivity contribution is -0.360. The minimum absolute atomic E-state index is 0.349. The number of aliphatic hydroxyl groups is 7. The monoisotopic (exact) mass is 438 g/mol. The molecule has 0 amide bonds. The normalized spacial score (nSPS) is 46.1. The molecule has 176 valence electrons. The van der Waals surface area contributed by atoms with Gasteiger partial charge in [0.2, 0.25) is 0 Å². The summed E-state index contributed by atoms with van der Waals surface area (Å²) >= 11 is 0. The second kappa shape index (κ2) is 10.9. The highest BCUT2D eigenvalue weighted by atomic mass is 16.7. The molecule has 0 aromatic rings. The summed E-state index contributed by atoms with van der Waals surface area (Å²) in [6, 6.07) is 0. The van der Waals surface area contributed by atoms with Gasteiger partial charge in [-0.1, -0.05) is 19.3 Å². The van der Waals surface area contributed by atoms with Crippen LogP contribution in [-0.2, 0) is 18.9 Å². The third-order valence-corrected chi connectivity index (χ3v) is 6.18. The van der Waals surface area contributed by atoms with Crippen LogP contribution in [0.1, 0.15) is 32.1 Å². The highest BCUT2D eigenvalue weighted by Crippen LogP contribution is 2.30. The number of ether oxygens (including phenoxy) is 4. The van der Waals surface area contributed by atoms with E-state index in [2.05, 4.69) is 0 Å². The van der Waals surface area contributed by atoms with Gasteiger partial charge in [0.25, 0.3) is 0 Å². The summed E-state index contributed by atoms with van der Waals surface area (Å²) in [5.41, 5.74) is 0. The molecular weight excluding hydrogens is 404 g/mol. The van der Waals surface area contributed by atoms with Crippen LogP contribution in [0.15, 0.2) is 0 Å². The molecule has 1 aliphatic carbocycles. The molecule has 0 aromatic carbocycles. The van der Waals surface area contributed by atoms with Gasteiger partial charge in [-0.2, -0.15) is 0 Å². The lowest BCUT2D eigenvalue weighted by atomic mass is 9.90. The van der Waals surface area contributed by atoms with Crippen molar-refractivity contribution in [3.05, 3.63) is 0 Å². The Morgan fingerprint density at radius 2 is 1.27 bits per heavy atom. The second-order valence-electron chi connectivity index (χ2n) is 8.34. The van der Waals surface area contributed by atoms with E-state index in [1.165, 1.54) is 6.42 Å². The minimum Gasteiger partial charge on any atom is -0.394 e. The topological polar surface area (TPSA) is 179 Å². The van der Waals surface area contributed by atoms with E-state index in [4.69, 9.17) is 18.9 Å². The van der Waals surface area contributed by atoms with Gasteiger partial charge < -0.3 is 54.7 Å². The van der Waals surface area contributed by atoms with E-state index in [1.54, 1.807) is 0 Å². The zero-order valence-electron chi connectivity index (χ0n) is 16.8. The fraction of sp³-hybridized carbons (Fsp3) is 1.00. The largest absolute Gasteiger partial charge is 0.394 e. The van der Waals surface area contributed by atoms with Gasteiger partial charge in [0.15, 0.2) is 12.6 Å². The van der Waals surface area contributed by atoms with Crippen molar-refractivity contribution in [1.29, 1.82) is 0 Å². The van der Waals surface area contributed by atoms with Crippen molar-refractivity contribution in [2.45, 2.75) is 93.5 Å². The fourth-order valence-corrected chi connectivity index (χ4v) is 4.28. The van der Waals surface area contributed by atoms with E-state index < -0.39 is 74.6 Å². The molecule has 7 N–H and O–H groups in total. The summed E-state index contributed by atoms with van der Waals surface area (Å²) in [7, 11) is 0. The Labute approximate surface area is 174 Å². The van der Waals surface area contributed by atoms with Gasteiger partial charge in [0.1, 0.15) is 48.8 Å². The Morgan fingerprint density at radius 3 is 1.90 bits per heavy atom. The summed E-state index contributed by atoms with van der Waals surface area (Å²) in [6.07, 6.45) is -8.75. The Hall–Kier alpha value is -0.440. The van der Waals surface area contributed by atoms with Crippen molar-refractivity contribution in [2.24, 2.45) is 5.92 Å². The molecule has 10 atom stereocenters. The summed E-state index contributed by atoms with van der Waals surface area (Å²) in [5, 5.41) is 69.9. The van der Waals surface area contributed by atoms with Crippen LogP contribution in [0.3, 0.4) is 0 Å². The standard InChI is InChI=1S/C19H34O11/c20-6-10-12(22)13(23)15(25)19(28-10)30-17-11(7-21)29-18(16(26)14(17)24)27-8-9-4-2-1-3-5-9/h9-26H,1-8H2/t10?,11?,12-,13+,14-,15?,16?,17-,18-,19-/m1/s1. The molecule has 11 nitrogen and oxygen atoms in total. The molecule has 0 aromatic heterocycles. The van der Waals surface area contributed by atoms with Crippen LogP contribution >= 0.6 is 0 Å². The summed E-state index contributed by atoms with van der Waals surface area (Å²) < 4.78 is 22.1. The maximum atomic E-state index is 10.6. The highest BCUT2D eigenvalue weighted by Gasteiger charge is 2.50. The van der Waals surface area contributed by atoms with Crippen molar-refractivity contribution >= 4 is 0 Å². The maximum absolute atomic E-state index is 10.6. The molecule has 2 heterocycles. The van der Waals surface area contributed by atoms with Crippen LogP contribution in [-0.4, -0.2) is 117 Å². The summed E-state index contributed by atoms with van der Waals surface area (Å²) in [5.74, 6) is 0.349. The molecule has 0 bridgehead atoms. The van der Waals surface area contributed by atoms with Crippen LogP contribution in [0, 0.1) is 5.92 Å². The van der Waals surface area contributed by atoms with Gasteiger partial charge in [-0.05, 0) is 18.8 Å². The molecule has 4 unspecified atom stereocenters. The fourth-order valence-electron chi connectivity index (χ4n) is 4.28. The van der Waals surface area contributed by atoms with Crippen LogP contribution in [0.4, 0.5) is 0 Å². The third-order valence-electron chi connectivity index (χ3n) is 6.18. The van der Waals surface area contributed by atoms with E-state index in [-0.39, 0.29) is 0 Å². The van der Waals surface area contributed by atoms with Gasteiger partial charge in [-0.3, -0.25) is 0 Å². The molecule has 3 rings (SSSR count). The van der Waals surface area contributed by atoms with Gasteiger partial charge in [0.05, 0.1) is 19.8 Å². The van der Waals surface area contributed by atoms with Crippen molar-refractivity contribution in [3.8, 4) is 0 Å². The van der Waals surface area contributed by atoms with Crippen LogP contribution in [0.5, 0.6) is 0 Å². The number of hydrogen-bond acceptors (Lipinski definition) is 11. The van der Waals surface area contributed by atoms with Gasteiger partial charge in [0, 0.05) is 0 Å². The number of aliphatic hydroxyl groups excluding tert-OH is 7. The molecule has 0 radical (unpaired) electrons. The molecule has 30 heavy (non-hydrogen) atoms. The average Bonchev–Trinajstić information content (AvgIpc) is 2.77. The predicted molar refractivity (Wildman–Crippen MR) is 98.9 cm³/mol. The maximum Gasteiger partial charge on any atom is 0.187 e. The second-order valence-corrected chi connectivity index (χ2v) is 8.34. The first-order valence-electron chi connectivity index (χ1n) is 10.6. The molecule has 3 fully saturated rings. The smallest absolute Gasteiger partial charge is 0.187 e. The molecule has 3 aliphatic rings. The number of rotatable bonds is 7. The Kier molecular flexibility index (Phi) is 8.82. The van der Waals surface area contributed by atoms with E-state index in [0.717, 1.165) is 25.7 Å². The van der Waals surface area contributed by atoms with Gasteiger partial charge >= 0.3 is 0 Å². The Balaban J connectivity index is 1.61. The Bertz CT molecular complexity index is 513. The summed E-state index contributed by atoms with van der Waals surface area (Å²) in [6.45, 7) is -0.850. The molecule has 2 saturated heterocycles. The SMILES string of the molecule is OCC1O[C@H](O[C@@H]2C(CO)O[C@@H](OCC3CCCCC3)C(O)[C@H]2O)C(O)[C@@H](O)[C@@H]1O. The quantitative estimate of drug-likeness (QED) is 0.218. The zero-order chi connectivity index (χ0) is 21.8. The molecule has 1 saturated carbocycles. The van der Waals surface area contributed by atoms with Crippen LogP contribution in [0.2, 0.25) is 0 Å². The average molecular weight is 438 g/mol. The molecule has 11 heteroatoms. The van der Waals surface area contributed by atoms with Gasteiger partial charge in [-0.25, -0.2) is 0 Å². The van der Waals surface area contributed by atoms with Crippen LogP contribution < -0.4 is 0 Å². The van der Waals surface area contributed by atoms with E-state index in [9.17, 15) is 35.7 Å².